The van der Waals surface area contributed by atoms with E-state index in [9.17, 15) is 13.2 Å². The number of aromatic nitrogens is 3. The highest BCUT2D eigenvalue weighted by Crippen LogP contribution is 2.32. The van der Waals surface area contributed by atoms with Crippen LogP contribution < -0.4 is 5.32 Å². The van der Waals surface area contributed by atoms with Gasteiger partial charge in [-0.25, -0.2) is 9.97 Å². The zero-order valence-corrected chi connectivity index (χ0v) is 14.5. The molecule has 0 amide bonds. The molecule has 2 aromatic heterocycles. The van der Waals surface area contributed by atoms with Gasteiger partial charge in [0.2, 0.25) is 0 Å². The summed E-state index contributed by atoms with van der Waals surface area (Å²) in [5, 5.41) is 2.99. The fourth-order valence-corrected chi connectivity index (χ4v) is 2.51. The van der Waals surface area contributed by atoms with Gasteiger partial charge in [-0.15, -0.1) is 0 Å². The van der Waals surface area contributed by atoms with E-state index < -0.39 is 11.9 Å². The number of nitrogens with zero attached hydrogens (tertiary/aromatic N) is 3. The Morgan fingerprint density at radius 1 is 0.923 bits per heavy atom. The predicted octanol–water partition coefficient (Wildman–Crippen LogP) is 5.23. The fourth-order valence-electron chi connectivity index (χ4n) is 2.51. The van der Waals surface area contributed by atoms with Crippen LogP contribution in [0.25, 0.3) is 11.4 Å². The summed E-state index contributed by atoms with van der Waals surface area (Å²) in [6.07, 6.45) is -1.61. The van der Waals surface area contributed by atoms with Gasteiger partial charge in [0.15, 0.2) is 11.5 Å². The van der Waals surface area contributed by atoms with E-state index >= 15 is 0 Å². The molecule has 134 valence electrons. The van der Waals surface area contributed by atoms with E-state index in [1.54, 1.807) is 12.1 Å². The normalized spacial score (nSPS) is 11.5. The van der Waals surface area contributed by atoms with Gasteiger partial charge in [0.25, 0.3) is 0 Å². The van der Waals surface area contributed by atoms with Crippen LogP contribution in [-0.2, 0) is 6.18 Å². The maximum atomic E-state index is 13.3. The highest BCUT2D eigenvalue weighted by atomic mass is 19.4. The second-order valence-corrected chi connectivity index (χ2v) is 6.08. The van der Waals surface area contributed by atoms with Gasteiger partial charge in [-0.05, 0) is 55.7 Å². The molecule has 1 aromatic carbocycles. The number of alkyl halides is 3. The van der Waals surface area contributed by atoms with Gasteiger partial charge in [-0.3, -0.25) is 4.98 Å². The average Bonchev–Trinajstić information content (AvgIpc) is 2.59. The molecule has 0 fully saturated rings. The molecule has 0 aliphatic rings. The topological polar surface area (TPSA) is 50.7 Å². The molecule has 0 atom stereocenters. The molecule has 7 heteroatoms. The van der Waals surface area contributed by atoms with Crippen molar-refractivity contribution in [2.24, 2.45) is 0 Å². The zero-order valence-electron chi connectivity index (χ0n) is 14.5. The molecule has 3 rings (SSSR count). The predicted molar refractivity (Wildman–Crippen MR) is 94.2 cm³/mol. The summed E-state index contributed by atoms with van der Waals surface area (Å²) < 4.78 is 39.8. The molecule has 4 nitrogen and oxygen atoms in total. The molecule has 1 N–H and O–H groups in total. The Bertz CT molecular complexity index is 938. The first-order chi connectivity index (χ1) is 12.2. The molecule has 2 heterocycles. The van der Waals surface area contributed by atoms with E-state index in [1.165, 1.54) is 12.4 Å². The number of anilines is 2. The molecule has 0 aliphatic heterocycles. The van der Waals surface area contributed by atoms with Crippen molar-refractivity contribution in [2.75, 3.05) is 5.32 Å². The summed E-state index contributed by atoms with van der Waals surface area (Å²) in [4.78, 5) is 11.8. The smallest absolute Gasteiger partial charge is 0.340 e. The van der Waals surface area contributed by atoms with Crippen molar-refractivity contribution in [3.63, 3.8) is 0 Å². The van der Waals surface area contributed by atoms with E-state index in [0.29, 0.717) is 11.3 Å². The fraction of sp³-hybridized carbons (Fsp3) is 0.211. The maximum absolute atomic E-state index is 13.3. The number of pyridine rings is 1. The summed E-state index contributed by atoms with van der Waals surface area (Å²) in [7, 11) is 0. The number of halogens is 3. The number of rotatable bonds is 3. The molecule has 0 unspecified atom stereocenters. The number of aryl methyl sites for hydroxylation is 3. The highest BCUT2D eigenvalue weighted by Gasteiger charge is 2.34. The lowest BCUT2D eigenvalue weighted by Gasteiger charge is -2.14. The Morgan fingerprint density at radius 2 is 1.65 bits per heavy atom. The Morgan fingerprint density at radius 3 is 2.31 bits per heavy atom. The lowest BCUT2D eigenvalue weighted by atomic mass is 10.0. The summed E-state index contributed by atoms with van der Waals surface area (Å²) in [6.45, 7) is 5.82. The van der Waals surface area contributed by atoms with Gasteiger partial charge < -0.3 is 5.32 Å². The Balaban J connectivity index is 2.08. The third kappa shape index (κ3) is 3.82. The standard InChI is InChI=1S/C19H17F3N4/c1-11-7-13(3)15(8-12(11)2)24-17-9-16(19(20,21)22)25-18(26-17)14-5-4-6-23-10-14/h4-10H,1-3H3,(H,24,25,26). The van der Waals surface area contributed by atoms with Crippen LogP contribution in [0, 0.1) is 20.8 Å². The first-order valence-electron chi connectivity index (χ1n) is 7.95. The molecular weight excluding hydrogens is 341 g/mol. The molecule has 0 saturated carbocycles. The van der Waals surface area contributed by atoms with Crippen molar-refractivity contribution in [2.45, 2.75) is 26.9 Å². The van der Waals surface area contributed by atoms with E-state index in [-0.39, 0.29) is 11.6 Å². The number of hydrogen-bond donors (Lipinski definition) is 1. The first kappa shape index (κ1) is 17.8. The quantitative estimate of drug-likeness (QED) is 0.697. The monoisotopic (exact) mass is 358 g/mol. The van der Waals surface area contributed by atoms with E-state index in [2.05, 4.69) is 20.3 Å². The van der Waals surface area contributed by atoms with E-state index in [4.69, 9.17) is 0 Å². The van der Waals surface area contributed by atoms with Crippen LogP contribution >= 0.6 is 0 Å². The van der Waals surface area contributed by atoms with Crippen molar-refractivity contribution >= 4 is 11.5 Å². The number of hydrogen-bond acceptors (Lipinski definition) is 4. The van der Waals surface area contributed by atoms with Gasteiger partial charge in [0, 0.05) is 29.7 Å². The third-order valence-electron chi connectivity index (χ3n) is 4.04. The van der Waals surface area contributed by atoms with Crippen molar-refractivity contribution in [3.05, 3.63) is 65.1 Å². The molecular formula is C19H17F3N4. The SMILES string of the molecule is Cc1cc(C)c(Nc2cc(C(F)(F)F)nc(-c3cccnc3)n2)cc1C. The summed E-state index contributed by atoms with van der Waals surface area (Å²) in [5.41, 5.74) is 3.19. The maximum Gasteiger partial charge on any atom is 0.433 e. The van der Waals surface area contributed by atoms with Gasteiger partial charge in [0.1, 0.15) is 5.82 Å². The second-order valence-electron chi connectivity index (χ2n) is 6.08. The minimum absolute atomic E-state index is 0.0306. The van der Waals surface area contributed by atoms with Gasteiger partial charge in [0.05, 0.1) is 0 Å². The largest absolute Gasteiger partial charge is 0.433 e. The van der Waals surface area contributed by atoms with Crippen LogP contribution in [-0.4, -0.2) is 15.0 Å². The Hall–Kier alpha value is -2.96. The van der Waals surface area contributed by atoms with Gasteiger partial charge in [-0.2, -0.15) is 13.2 Å². The summed E-state index contributed by atoms with van der Waals surface area (Å²) >= 11 is 0. The van der Waals surface area contributed by atoms with Crippen molar-refractivity contribution in [3.8, 4) is 11.4 Å². The molecule has 0 radical (unpaired) electrons. The van der Waals surface area contributed by atoms with E-state index in [0.717, 1.165) is 22.8 Å². The Kier molecular flexibility index (Phi) is 4.63. The van der Waals surface area contributed by atoms with Crippen LogP contribution in [0.2, 0.25) is 0 Å². The third-order valence-corrected chi connectivity index (χ3v) is 4.04. The van der Waals surface area contributed by atoms with Crippen LogP contribution in [0.4, 0.5) is 24.7 Å². The van der Waals surface area contributed by atoms with Crippen molar-refractivity contribution in [1.82, 2.24) is 15.0 Å². The number of benzene rings is 1. The van der Waals surface area contributed by atoms with E-state index in [1.807, 2.05) is 32.9 Å². The van der Waals surface area contributed by atoms with Crippen LogP contribution in [0.15, 0.2) is 42.7 Å². The molecule has 26 heavy (non-hydrogen) atoms. The zero-order chi connectivity index (χ0) is 18.9. The summed E-state index contributed by atoms with van der Waals surface area (Å²) in [5.74, 6) is 0.0504. The molecule has 0 saturated heterocycles. The molecule has 0 bridgehead atoms. The minimum Gasteiger partial charge on any atom is -0.340 e. The second kappa shape index (κ2) is 6.74. The Labute approximate surface area is 149 Å². The molecule has 0 spiro atoms. The van der Waals surface area contributed by atoms with Gasteiger partial charge >= 0.3 is 6.18 Å². The summed E-state index contributed by atoms with van der Waals surface area (Å²) in [6, 6.07) is 8.02. The minimum atomic E-state index is -4.57. The highest BCUT2D eigenvalue weighted by molar-refractivity contribution is 5.65. The van der Waals surface area contributed by atoms with Crippen molar-refractivity contribution < 1.29 is 13.2 Å². The average molecular weight is 358 g/mol. The van der Waals surface area contributed by atoms with Crippen LogP contribution in [0.5, 0.6) is 0 Å². The molecule has 0 aliphatic carbocycles. The molecule has 3 aromatic rings. The van der Waals surface area contributed by atoms with Crippen molar-refractivity contribution in [1.29, 1.82) is 0 Å². The van der Waals surface area contributed by atoms with Gasteiger partial charge in [-0.1, -0.05) is 6.07 Å². The number of nitrogens with one attached hydrogen (secondary N) is 1. The first-order valence-corrected chi connectivity index (χ1v) is 7.95. The van der Waals surface area contributed by atoms with Crippen LogP contribution in [0.1, 0.15) is 22.4 Å². The van der Waals surface area contributed by atoms with Crippen LogP contribution in [0.3, 0.4) is 0 Å². The lowest BCUT2D eigenvalue weighted by Crippen LogP contribution is -2.11. The lowest BCUT2D eigenvalue weighted by molar-refractivity contribution is -0.141.